The van der Waals surface area contributed by atoms with Crippen molar-refractivity contribution in [2.45, 2.75) is 6.54 Å². The largest absolute Gasteiger partial charge is 0.437 e. The van der Waals surface area contributed by atoms with Crippen molar-refractivity contribution < 1.29 is 18.4 Å². The van der Waals surface area contributed by atoms with E-state index < -0.39 is 30.1 Å². The molecule has 0 spiro atoms. The lowest BCUT2D eigenvalue weighted by Gasteiger charge is -2.03. The Kier molecular flexibility index (Phi) is 5.03. The molecule has 9 heteroatoms. The number of benzene rings is 1. The first-order chi connectivity index (χ1) is 11.0. The molecule has 0 unspecified atom stereocenters. The molecule has 23 heavy (non-hydrogen) atoms. The number of aromatic nitrogens is 2. The SMILES string of the molecule is C=CCNC(=O)NC(=O)Cn1nc(-c2ccc(F)cc2)oc1=O. The second-order valence-corrected chi connectivity index (χ2v) is 4.38. The number of imide groups is 1. The Morgan fingerprint density at radius 3 is 2.70 bits per heavy atom. The molecule has 120 valence electrons. The topological polar surface area (TPSA) is 106 Å². The first-order valence-electron chi connectivity index (χ1n) is 6.52. The fraction of sp³-hybridized carbons (Fsp3) is 0.143. The molecule has 2 aromatic rings. The lowest BCUT2D eigenvalue weighted by atomic mass is 10.2. The molecule has 3 amide bonds. The zero-order valence-electron chi connectivity index (χ0n) is 11.9. The van der Waals surface area contributed by atoms with Crippen LogP contribution in [0.5, 0.6) is 0 Å². The van der Waals surface area contributed by atoms with Gasteiger partial charge in [-0.15, -0.1) is 11.7 Å². The highest BCUT2D eigenvalue weighted by Crippen LogP contribution is 2.15. The number of carbonyl (C=O) groups is 2. The van der Waals surface area contributed by atoms with E-state index in [4.69, 9.17) is 4.42 Å². The fourth-order valence-corrected chi connectivity index (χ4v) is 1.63. The molecule has 8 nitrogen and oxygen atoms in total. The van der Waals surface area contributed by atoms with Gasteiger partial charge in [-0.3, -0.25) is 10.1 Å². The molecule has 0 saturated carbocycles. The molecular formula is C14H13FN4O4. The van der Waals surface area contributed by atoms with Crippen molar-refractivity contribution in [1.29, 1.82) is 0 Å². The molecular weight excluding hydrogens is 307 g/mol. The van der Waals surface area contributed by atoms with Gasteiger partial charge in [0.15, 0.2) is 0 Å². The van der Waals surface area contributed by atoms with E-state index >= 15 is 0 Å². The van der Waals surface area contributed by atoms with Crippen LogP contribution in [0.15, 0.2) is 46.1 Å². The van der Waals surface area contributed by atoms with Crippen LogP contribution in [0.4, 0.5) is 9.18 Å². The van der Waals surface area contributed by atoms with E-state index in [1.54, 1.807) is 0 Å². The highest BCUT2D eigenvalue weighted by molar-refractivity contribution is 5.94. The van der Waals surface area contributed by atoms with Gasteiger partial charge in [0, 0.05) is 12.1 Å². The lowest BCUT2D eigenvalue weighted by molar-refractivity contribution is -0.120. The maximum Gasteiger partial charge on any atom is 0.437 e. The zero-order chi connectivity index (χ0) is 16.8. The number of amides is 3. The third-order valence-corrected chi connectivity index (χ3v) is 2.65. The van der Waals surface area contributed by atoms with Crippen molar-refractivity contribution in [3.8, 4) is 11.5 Å². The molecule has 0 saturated heterocycles. The van der Waals surface area contributed by atoms with Crippen LogP contribution in [0, 0.1) is 5.82 Å². The van der Waals surface area contributed by atoms with Gasteiger partial charge in [0.1, 0.15) is 12.4 Å². The van der Waals surface area contributed by atoms with Crippen LogP contribution in [0.3, 0.4) is 0 Å². The van der Waals surface area contributed by atoms with E-state index in [0.717, 1.165) is 4.68 Å². The summed E-state index contributed by atoms with van der Waals surface area (Å²) in [6.45, 7) is 3.11. The van der Waals surface area contributed by atoms with Gasteiger partial charge >= 0.3 is 11.8 Å². The summed E-state index contributed by atoms with van der Waals surface area (Å²) in [6.07, 6.45) is 1.45. The average Bonchev–Trinajstić information content (AvgIpc) is 2.86. The van der Waals surface area contributed by atoms with Gasteiger partial charge in [-0.05, 0) is 24.3 Å². The highest BCUT2D eigenvalue weighted by atomic mass is 19.1. The number of nitrogens with zero attached hydrogens (tertiary/aromatic N) is 2. The van der Waals surface area contributed by atoms with Crippen LogP contribution in [0.25, 0.3) is 11.5 Å². The van der Waals surface area contributed by atoms with Crippen LogP contribution < -0.4 is 16.4 Å². The Hall–Kier alpha value is -3.23. The minimum Gasteiger partial charge on any atom is -0.388 e. The number of rotatable bonds is 5. The van der Waals surface area contributed by atoms with Crippen LogP contribution in [-0.4, -0.2) is 28.3 Å². The van der Waals surface area contributed by atoms with E-state index in [-0.39, 0.29) is 12.4 Å². The summed E-state index contributed by atoms with van der Waals surface area (Å²) in [5.74, 6) is -2.11. The molecule has 1 aromatic heterocycles. The van der Waals surface area contributed by atoms with E-state index in [0.29, 0.717) is 5.56 Å². The quantitative estimate of drug-likeness (QED) is 0.787. The van der Waals surface area contributed by atoms with Crippen molar-refractivity contribution in [3.63, 3.8) is 0 Å². The fourth-order valence-electron chi connectivity index (χ4n) is 1.63. The molecule has 0 aliphatic carbocycles. The molecule has 0 bridgehead atoms. The van der Waals surface area contributed by atoms with Crippen LogP contribution >= 0.6 is 0 Å². The average molecular weight is 320 g/mol. The monoisotopic (exact) mass is 320 g/mol. The molecule has 2 N–H and O–H groups in total. The van der Waals surface area contributed by atoms with Gasteiger partial charge in [-0.25, -0.2) is 14.0 Å². The third kappa shape index (κ3) is 4.37. The predicted octanol–water partition coefficient (Wildman–Crippen LogP) is 0.654. The zero-order valence-corrected chi connectivity index (χ0v) is 11.9. The molecule has 0 atom stereocenters. The number of hydrogen-bond acceptors (Lipinski definition) is 5. The number of carbonyl (C=O) groups excluding carboxylic acids is 2. The minimum absolute atomic E-state index is 0.0566. The standard InChI is InChI=1S/C14H13FN4O4/c1-2-7-16-13(21)17-11(20)8-19-14(22)23-12(18-19)9-3-5-10(15)6-4-9/h2-6H,1,7-8H2,(H2,16,17,20,21). The molecule has 0 aliphatic rings. The van der Waals surface area contributed by atoms with Crippen LogP contribution in [0.2, 0.25) is 0 Å². The summed E-state index contributed by atoms with van der Waals surface area (Å²) in [6, 6.07) is 4.42. The summed E-state index contributed by atoms with van der Waals surface area (Å²) in [7, 11) is 0. The smallest absolute Gasteiger partial charge is 0.388 e. The number of hydrogen-bond donors (Lipinski definition) is 2. The second-order valence-electron chi connectivity index (χ2n) is 4.38. The summed E-state index contributed by atoms with van der Waals surface area (Å²) in [5.41, 5.74) is 0.381. The summed E-state index contributed by atoms with van der Waals surface area (Å²) in [4.78, 5) is 34.6. The molecule has 2 rings (SSSR count). The predicted molar refractivity (Wildman–Crippen MR) is 77.9 cm³/mol. The Bertz CT molecular complexity index is 779. The molecule has 0 aliphatic heterocycles. The first kappa shape index (κ1) is 16.1. The normalized spacial score (nSPS) is 10.1. The molecule has 0 radical (unpaired) electrons. The number of halogens is 1. The Balaban J connectivity index is 2.05. The van der Waals surface area contributed by atoms with E-state index in [1.165, 1.54) is 30.3 Å². The van der Waals surface area contributed by atoms with Gasteiger partial charge in [0.25, 0.3) is 0 Å². The van der Waals surface area contributed by atoms with Crippen molar-refractivity contribution in [1.82, 2.24) is 20.4 Å². The van der Waals surface area contributed by atoms with Gasteiger partial charge < -0.3 is 9.73 Å². The maximum absolute atomic E-state index is 12.9. The number of nitrogens with one attached hydrogen (secondary N) is 2. The summed E-state index contributed by atoms with van der Waals surface area (Å²) < 4.78 is 18.5. The van der Waals surface area contributed by atoms with Gasteiger partial charge in [0.2, 0.25) is 11.8 Å². The Morgan fingerprint density at radius 1 is 1.35 bits per heavy atom. The van der Waals surface area contributed by atoms with E-state index in [2.05, 4.69) is 17.0 Å². The third-order valence-electron chi connectivity index (χ3n) is 2.65. The maximum atomic E-state index is 12.9. The van der Waals surface area contributed by atoms with Gasteiger partial charge in [0.05, 0.1) is 0 Å². The first-order valence-corrected chi connectivity index (χ1v) is 6.52. The van der Waals surface area contributed by atoms with E-state index in [1.807, 2.05) is 5.32 Å². The van der Waals surface area contributed by atoms with Crippen molar-refractivity contribution in [3.05, 3.63) is 53.3 Å². The molecule has 0 fully saturated rings. The second kappa shape index (κ2) is 7.16. The summed E-state index contributed by atoms with van der Waals surface area (Å²) in [5, 5.41) is 8.19. The lowest BCUT2D eigenvalue weighted by Crippen LogP contribution is -2.42. The van der Waals surface area contributed by atoms with Gasteiger partial charge in [-0.1, -0.05) is 6.08 Å². The van der Waals surface area contributed by atoms with Crippen LogP contribution in [0.1, 0.15) is 0 Å². The van der Waals surface area contributed by atoms with E-state index in [9.17, 15) is 18.8 Å². The van der Waals surface area contributed by atoms with Gasteiger partial charge in [-0.2, -0.15) is 4.68 Å². The highest BCUT2D eigenvalue weighted by Gasteiger charge is 2.14. The van der Waals surface area contributed by atoms with Crippen molar-refractivity contribution in [2.24, 2.45) is 0 Å². The Labute approximate surface area is 129 Å². The number of urea groups is 1. The van der Waals surface area contributed by atoms with Crippen molar-refractivity contribution >= 4 is 11.9 Å². The van der Waals surface area contributed by atoms with Crippen molar-refractivity contribution in [2.75, 3.05) is 6.54 Å². The summed E-state index contributed by atoms with van der Waals surface area (Å²) >= 11 is 0. The Morgan fingerprint density at radius 2 is 2.04 bits per heavy atom. The minimum atomic E-state index is -0.869. The van der Waals surface area contributed by atoms with Crippen LogP contribution in [-0.2, 0) is 11.3 Å². The molecule has 1 aromatic carbocycles. The molecule has 1 heterocycles.